The van der Waals surface area contributed by atoms with Gasteiger partial charge in [-0.25, -0.2) is 4.79 Å². The normalized spacial score (nSPS) is 31.5. The second-order valence-electron chi connectivity index (χ2n) is 3.45. The van der Waals surface area contributed by atoms with E-state index in [1.165, 1.54) is 16.8 Å². The molecule has 6 heteroatoms. The summed E-state index contributed by atoms with van der Waals surface area (Å²) in [6.45, 7) is -0.0598. The number of hydrogen-bond acceptors (Lipinski definition) is 4. The van der Waals surface area contributed by atoms with E-state index in [0.717, 1.165) is 0 Å². The molecule has 0 aromatic carbocycles. The van der Waals surface area contributed by atoms with Crippen LogP contribution >= 0.6 is 0 Å². The van der Waals surface area contributed by atoms with Crippen molar-refractivity contribution < 1.29 is 11.2 Å². The van der Waals surface area contributed by atoms with Crippen LogP contribution in [0.25, 0.3) is 0 Å². The van der Waals surface area contributed by atoms with Crippen LogP contribution in [-0.4, -0.2) is 26.9 Å². The lowest BCUT2D eigenvalue weighted by molar-refractivity contribution is -0.0101. The predicted molar refractivity (Wildman–Crippen MR) is 51.5 cm³/mol. The number of nitrogens with zero attached hydrogens (tertiary/aromatic N) is 1. The van der Waals surface area contributed by atoms with Crippen molar-refractivity contribution in [3.05, 3.63) is 33.1 Å². The van der Waals surface area contributed by atoms with E-state index < -0.39 is 29.7 Å². The minimum Gasteiger partial charge on any atom is -0.390 e. The van der Waals surface area contributed by atoms with Gasteiger partial charge in [0.2, 0.25) is 0 Å². The molecule has 0 unspecified atom stereocenters. The van der Waals surface area contributed by atoms with Crippen molar-refractivity contribution in [3.8, 4) is 0 Å². The molecule has 0 saturated carbocycles. The fourth-order valence-electron chi connectivity index (χ4n) is 1.54. The Morgan fingerprint density at radius 1 is 1.73 bits per heavy atom. The number of aliphatic hydroxyl groups excluding tert-OH is 1. The highest BCUT2D eigenvalue weighted by atomic mass is 16.5. The third kappa shape index (κ3) is 1.86. The van der Waals surface area contributed by atoms with E-state index in [2.05, 4.69) is 4.98 Å². The summed E-state index contributed by atoms with van der Waals surface area (Å²) in [4.78, 5) is 24.4. The molecule has 1 aromatic heterocycles. The van der Waals surface area contributed by atoms with E-state index >= 15 is 0 Å². The summed E-state index contributed by atoms with van der Waals surface area (Å²) in [5.74, 6) is 0. The van der Waals surface area contributed by atoms with Crippen LogP contribution in [0.1, 0.15) is 20.9 Å². The van der Waals surface area contributed by atoms with Gasteiger partial charge in [0.1, 0.15) is 6.23 Å². The number of aromatic nitrogens is 2. The second kappa shape index (κ2) is 3.63. The maximum atomic E-state index is 11.4. The van der Waals surface area contributed by atoms with Crippen LogP contribution in [0.3, 0.4) is 0 Å². The van der Waals surface area contributed by atoms with Gasteiger partial charge < -0.3 is 9.84 Å². The second-order valence-corrected chi connectivity index (χ2v) is 3.45. The lowest BCUT2D eigenvalue weighted by Crippen LogP contribution is -2.31. The van der Waals surface area contributed by atoms with E-state index in [4.69, 9.17) is 6.11 Å². The van der Waals surface area contributed by atoms with Crippen molar-refractivity contribution in [1.82, 2.24) is 9.55 Å². The van der Waals surface area contributed by atoms with Gasteiger partial charge in [-0.15, -0.1) is 0 Å². The van der Waals surface area contributed by atoms with Gasteiger partial charge in [-0.2, -0.15) is 0 Å². The highest BCUT2D eigenvalue weighted by molar-refractivity contribution is 4.87. The molecule has 1 fully saturated rings. The van der Waals surface area contributed by atoms with E-state index in [-0.39, 0.29) is 13.3 Å². The average Bonchev–Trinajstić information content (AvgIpc) is 2.59. The third-order valence-corrected chi connectivity index (χ3v) is 2.37. The molecular formula is C9H12N2O4. The average molecular weight is 214 g/mol. The summed E-state index contributed by atoms with van der Waals surface area (Å²) in [5, 5.41) is 9.53. The molecule has 15 heavy (non-hydrogen) atoms. The van der Waals surface area contributed by atoms with Crippen molar-refractivity contribution in [1.29, 1.82) is 0 Å². The van der Waals surface area contributed by atoms with E-state index in [1.807, 2.05) is 0 Å². The molecule has 1 saturated heterocycles. The Kier molecular flexibility index (Phi) is 2.15. The predicted octanol–water partition coefficient (Wildman–Crippen LogP) is -0.795. The lowest BCUT2D eigenvalue weighted by atomic mass is 10.2. The van der Waals surface area contributed by atoms with Gasteiger partial charge in [-0.3, -0.25) is 14.3 Å². The van der Waals surface area contributed by atoms with E-state index in [0.29, 0.717) is 0 Å². The lowest BCUT2D eigenvalue weighted by Gasteiger charge is -2.12. The van der Waals surface area contributed by atoms with Crippen LogP contribution < -0.4 is 11.2 Å². The van der Waals surface area contributed by atoms with Crippen LogP contribution in [-0.2, 0) is 4.74 Å². The molecule has 1 aliphatic rings. The van der Waals surface area contributed by atoms with Crippen LogP contribution in [0.5, 0.6) is 0 Å². The number of aromatic amines is 1. The van der Waals surface area contributed by atoms with E-state index in [1.54, 1.807) is 0 Å². The zero-order valence-corrected chi connectivity index (χ0v) is 7.92. The fraction of sp³-hybridized carbons (Fsp3) is 0.556. The van der Waals surface area contributed by atoms with Crippen molar-refractivity contribution in [2.24, 2.45) is 0 Å². The van der Waals surface area contributed by atoms with Crippen LogP contribution in [0.2, 0.25) is 0 Å². The Labute approximate surface area is 86.5 Å². The number of hydrogen-bond donors (Lipinski definition) is 2. The molecule has 0 aliphatic carbocycles. The number of H-pyrrole nitrogens is 1. The van der Waals surface area contributed by atoms with Crippen molar-refractivity contribution in [2.75, 3.05) is 0 Å². The summed E-state index contributed by atoms with van der Waals surface area (Å²) in [5.41, 5.74) is -1.05. The molecular weight excluding hydrogens is 200 g/mol. The maximum Gasteiger partial charge on any atom is 0.330 e. The summed E-state index contributed by atoms with van der Waals surface area (Å²) >= 11 is 0. The highest BCUT2D eigenvalue weighted by Crippen LogP contribution is 2.26. The molecule has 2 rings (SSSR count). The SMILES string of the molecule is [3H]C[C@H]1O[C@@H](n2ccc(=O)[nH]c2=O)C[C@@H]1O. The topological polar surface area (TPSA) is 84.3 Å². The van der Waals surface area contributed by atoms with Gasteiger partial charge in [-0.1, -0.05) is 0 Å². The van der Waals surface area contributed by atoms with Crippen molar-refractivity contribution >= 4 is 0 Å². The molecule has 0 amide bonds. The van der Waals surface area contributed by atoms with Crippen LogP contribution in [0.4, 0.5) is 0 Å². The van der Waals surface area contributed by atoms with Gasteiger partial charge in [0.15, 0.2) is 0 Å². The smallest absolute Gasteiger partial charge is 0.330 e. The largest absolute Gasteiger partial charge is 0.390 e. The number of aliphatic hydroxyl groups is 1. The van der Waals surface area contributed by atoms with Gasteiger partial charge in [0.25, 0.3) is 5.56 Å². The van der Waals surface area contributed by atoms with Crippen LogP contribution in [0, 0.1) is 0 Å². The van der Waals surface area contributed by atoms with Gasteiger partial charge in [0.05, 0.1) is 12.2 Å². The highest BCUT2D eigenvalue weighted by Gasteiger charge is 2.32. The Balaban J connectivity index is 2.27. The molecule has 6 nitrogen and oxygen atoms in total. The third-order valence-electron chi connectivity index (χ3n) is 2.37. The summed E-state index contributed by atoms with van der Waals surface area (Å²) in [6.07, 6.45) is -0.375. The zero-order chi connectivity index (χ0) is 11.7. The Hall–Kier alpha value is -1.40. The van der Waals surface area contributed by atoms with E-state index in [9.17, 15) is 14.7 Å². The maximum absolute atomic E-state index is 11.4. The molecule has 2 heterocycles. The zero-order valence-electron chi connectivity index (χ0n) is 8.92. The summed E-state index contributed by atoms with van der Waals surface area (Å²) < 4.78 is 13.7. The van der Waals surface area contributed by atoms with Gasteiger partial charge in [0, 0.05) is 20.1 Å². The first-order valence-electron chi connectivity index (χ1n) is 5.27. The molecule has 3 atom stereocenters. The fourth-order valence-corrected chi connectivity index (χ4v) is 1.54. The Morgan fingerprint density at radius 3 is 3.13 bits per heavy atom. The first-order chi connectivity index (χ1) is 7.61. The monoisotopic (exact) mass is 214 g/mol. The minimum absolute atomic E-state index is 0.0598. The number of nitrogens with one attached hydrogen (secondary N) is 1. The van der Waals surface area contributed by atoms with Gasteiger partial charge >= 0.3 is 5.69 Å². The van der Waals surface area contributed by atoms with Crippen LogP contribution in [0.15, 0.2) is 21.9 Å². The molecule has 0 radical (unpaired) electrons. The minimum atomic E-state index is -0.749. The summed E-state index contributed by atoms with van der Waals surface area (Å²) in [6, 6.07) is 1.21. The quantitative estimate of drug-likeness (QED) is 0.641. The first-order valence-corrected chi connectivity index (χ1v) is 4.56. The van der Waals surface area contributed by atoms with Gasteiger partial charge in [-0.05, 0) is 6.90 Å². The number of rotatable bonds is 1. The molecule has 2 N–H and O–H groups in total. The Morgan fingerprint density at radius 2 is 2.53 bits per heavy atom. The van der Waals surface area contributed by atoms with Crippen molar-refractivity contribution in [3.63, 3.8) is 0 Å². The number of ether oxygens (including phenoxy) is 1. The molecule has 1 aromatic rings. The molecule has 82 valence electrons. The molecule has 0 bridgehead atoms. The first kappa shape index (κ1) is 8.87. The molecule has 0 spiro atoms. The van der Waals surface area contributed by atoms with Crippen molar-refractivity contribution in [2.45, 2.75) is 31.8 Å². The summed E-state index contributed by atoms with van der Waals surface area (Å²) in [7, 11) is 0. The standard InChI is InChI=1S/C9H12N2O4/c1-5-6(12)4-8(15-5)11-3-2-7(13)10-9(11)14/h2-3,5-6,8,12H,4H2,1H3,(H,10,13,14)/t5-,6+,8-/m1/s1/i1T. The Bertz CT molecular complexity index is 483. The molecule has 1 aliphatic heterocycles.